The monoisotopic (exact) mass is 484 g/mol. The molecule has 1 aromatic carbocycles. The number of benzene rings is 1. The van der Waals surface area contributed by atoms with E-state index in [9.17, 15) is 4.79 Å². The Hall–Kier alpha value is -2.94. The second kappa shape index (κ2) is 10.1. The predicted molar refractivity (Wildman–Crippen MR) is 127 cm³/mol. The van der Waals surface area contributed by atoms with Crippen LogP contribution in [0.3, 0.4) is 0 Å². The molecule has 0 aliphatic carbocycles. The molecule has 1 unspecified atom stereocenters. The number of carbonyl (C=O) groups excluding carboxylic acids is 1. The number of carbonyl (C=O) groups is 1. The molecular formula is C22H18Cl2N6OS. The largest absolute Gasteiger partial charge is 0.308 e. The number of aromatic nitrogens is 5. The lowest BCUT2D eigenvalue weighted by atomic mass is 10.2. The fourth-order valence-corrected chi connectivity index (χ4v) is 4.21. The van der Waals surface area contributed by atoms with Gasteiger partial charge in [-0.05, 0) is 30.7 Å². The van der Waals surface area contributed by atoms with Crippen LogP contribution in [0.25, 0.3) is 11.4 Å². The first-order chi connectivity index (χ1) is 15.5. The van der Waals surface area contributed by atoms with Gasteiger partial charge < -0.3 is 5.32 Å². The standard InChI is InChI=1S/C22H18Cl2N6OS/c1-14(21(31)27-19-18(24)10-17(23)12-26-19)32-22-29-28-20(16-8-5-9-25-11-16)30(22)13-15-6-3-2-4-7-15/h2-12,14H,13H2,1H3,(H,26,27,31). The predicted octanol–water partition coefficient (Wildman–Crippen LogP) is 5.21. The molecule has 0 spiro atoms. The van der Waals surface area contributed by atoms with Crippen LogP contribution in [0.4, 0.5) is 5.82 Å². The SMILES string of the molecule is CC(Sc1nnc(-c2cccnc2)n1Cc1ccccc1)C(=O)Nc1ncc(Cl)cc1Cl. The van der Waals surface area contributed by atoms with Gasteiger partial charge in [0.2, 0.25) is 5.91 Å². The summed E-state index contributed by atoms with van der Waals surface area (Å²) in [5.74, 6) is 0.679. The molecule has 7 nitrogen and oxygen atoms in total. The van der Waals surface area contributed by atoms with Gasteiger partial charge in [-0.25, -0.2) is 4.98 Å². The highest BCUT2D eigenvalue weighted by Gasteiger charge is 2.22. The maximum absolute atomic E-state index is 12.8. The third-order valence-electron chi connectivity index (χ3n) is 4.52. The summed E-state index contributed by atoms with van der Waals surface area (Å²) < 4.78 is 1.98. The fourth-order valence-electron chi connectivity index (χ4n) is 2.93. The summed E-state index contributed by atoms with van der Waals surface area (Å²) in [6, 6.07) is 15.3. The summed E-state index contributed by atoms with van der Waals surface area (Å²) in [4.78, 5) is 21.0. The highest BCUT2D eigenvalue weighted by molar-refractivity contribution is 8.00. The van der Waals surface area contributed by atoms with Gasteiger partial charge in [0, 0.05) is 24.2 Å². The van der Waals surface area contributed by atoms with Gasteiger partial charge in [0.1, 0.15) is 0 Å². The summed E-state index contributed by atoms with van der Waals surface area (Å²) in [5.41, 5.74) is 1.94. The van der Waals surface area contributed by atoms with Crippen molar-refractivity contribution in [3.63, 3.8) is 0 Å². The molecule has 0 bridgehead atoms. The lowest BCUT2D eigenvalue weighted by Gasteiger charge is -2.14. The summed E-state index contributed by atoms with van der Waals surface area (Å²) >= 11 is 13.3. The fraction of sp³-hybridized carbons (Fsp3) is 0.136. The van der Waals surface area contributed by atoms with Crippen LogP contribution in [0, 0.1) is 0 Å². The van der Waals surface area contributed by atoms with Gasteiger partial charge in [-0.1, -0.05) is 65.3 Å². The molecule has 3 aromatic heterocycles. The van der Waals surface area contributed by atoms with E-state index in [0.29, 0.717) is 22.5 Å². The average Bonchev–Trinajstić information content (AvgIpc) is 3.18. The molecule has 1 atom stereocenters. The highest BCUT2D eigenvalue weighted by Crippen LogP contribution is 2.29. The Morgan fingerprint density at radius 2 is 1.94 bits per heavy atom. The van der Waals surface area contributed by atoms with Crippen molar-refractivity contribution in [2.24, 2.45) is 0 Å². The van der Waals surface area contributed by atoms with E-state index >= 15 is 0 Å². The normalized spacial score (nSPS) is 11.8. The third-order valence-corrected chi connectivity index (χ3v) is 6.10. The topological polar surface area (TPSA) is 85.6 Å². The van der Waals surface area contributed by atoms with Gasteiger partial charge in [0.15, 0.2) is 16.8 Å². The van der Waals surface area contributed by atoms with Crippen LogP contribution in [0.1, 0.15) is 12.5 Å². The first-order valence-electron chi connectivity index (χ1n) is 9.67. The summed E-state index contributed by atoms with van der Waals surface area (Å²) in [7, 11) is 0. The number of halogens is 2. The van der Waals surface area contributed by atoms with Crippen LogP contribution in [0.5, 0.6) is 0 Å². The molecule has 0 aliphatic heterocycles. The lowest BCUT2D eigenvalue weighted by Crippen LogP contribution is -2.23. The van der Waals surface area contributed by atoms with E-state index < -0.39 is 5.25 Å². The van der Waals surface area contributed by atoms with E-state index in [0.717, 1.165) is 11.1 Å². The number of nitrogens with one attached hydrogen (secondary N) is 1. The first-order valence-corrected chi connectivity index (χ1v) is 11.3. The number of nitrogens with zero attached hydrogens (tertiary/aromatic N) is 5. The molecule has 32 heavy (non-hydrogen) atoms. The van der Waals surface area contributed by atoms with Crippen LogP contribution in [-0.2, 0) is 11.3 Å². The van der Waals surface area contributed by atoms with Crippen LogP contribution >= 0.6 is 35.0 Å². The Kier molecular flexibility index (Phi) is 7.04. The van der Waals surface area contributed by atoms with Gasteiger partial charge >= 0.3 is 0 Å². The van der Waals surface area contributed by atoms with Crippen LogP contribution in [-0.4, -0.2) is 35.9 Å². The van der Waals surface area contributed by atoms with Crippen molar-refractivity contribution in [1.82, 2.24) is 24.7 Å². The maximum Gasteiger partial charge on any atom is 0.238 e. The second-order valence-corrected chi connectivity index (χ2v) is 9.00. The number of anilines is 1. The Balaban J connectivity index is 1.58. The zero-order chi connectivity index (χ0) is 22.5. The minimum Gasteiger partial charge on any atom is -0.308 e. The molecule has 0 saturated heterocycles. The first kappa shape index (κ1) is 22.3. The minimum atomic E-state index is -0.482. The Morgan fingerprint density at radius 3 is 2.66 bits per heavy atom. The molecule has 0 fully saturated rings. The highest BCUT2D eigenvalue weighted by atomic mass is 35.5. The van der Waals surface area contributed by atoms with Crippen LogP contribution < -0.4 is 5.32 Å². The lowest BCUT2D eigenvalue weighted by molar-refractivity contribution is -0.115. The molecular weight excluding hydrogens is 467 g/mol. The van der Waals surface area contributed by atoms with Crippen molar-refractivity contribution in [2.45, 2.75) is 23.9 Å². The van der Waals surface area contributed by atoms with Gasteiger partial charge in [-0.2, -0.15) is 0 Å². The molecule has 4 aromatic rings. The van der Waals surface area contributed by atoms with Crippen LogP contribution in [0.15, 0.2) is 72.3 Å². The smallest absolute Gasteiger partial charge is 0.238 e. The van der Waals surface area contributed by atoms with E-state index in [2.05, 4.69) is 25.5 Å². The van der Waals surface area contributed by atoms with Crippen molar-refractivity contribution in [3.05, 3.63) is 82.7 Å². The molecule has 4 rings (SSSR count). The average molecular weight is 485 g/mol. The van der Waals surface area contributed by atoms with E-state index in [4.69, 9.17) is 23.2 Å². The van der Waals surface area contributed by atoms with Crippen molar-refractivity contribution in [3.8, 4) is 11.4 Å². The van der Waals surface area contributed by atoms with Crippen molar-refractivity contribution < 1.29 is 4.79 Å². The Labute approximate surface area is 199 Å². The van der Waals surface area contributed by atoms with E-state index in [-0.39, 0.29) is 16.7 Å². The summed E-state index contributed by atoms with van der Waals surface area (Å²) in [6.07, 6.45) is 4.88. The number of hydrogen-bond acceptors (Lipinski definition) is 6. The Bertz CT molecular complexity index is 1220. The van der Waals surface area contributed by atoms with Crippen molar-refractivity contribution in [1.29, 1.82) is 0 Å². The number of amides is 1. The zero-order valence-electron chi connectivity index (χ0n) is 16.9. The van der Waals surface area contributed by atoms with Gasteiger partial charge in [-0.3, -0.25) is 14.3 Å². The number of hydrogen-bond donors (Lipinski definition) is 1. The summed E-state index contributed by atoms with van der Waals surface area (Å²) in [5, 5.41) is 12.3. The molecule has 1 N–H and O–H groups in total. The maximum atomic E-state index is 12.8. The molecule has 0 aliphatic rings. The van der Waals surface area contributed by atoms with Crippen molar-refractivity contribution in [2.75, 3.05) is 5.32 Å². The molecule has 1 amide bonds. The minimum absolute atomic E-state index is 0.260. The molecule has 10 heteroatoms. The van der Waals surface area contributed by atoms with Crippen molar-refractivity contribution >= 4 is 46.7 Å². The molecule has 0 saturated carbocycles. The molecule has 162 valence electrons. The molecule has 0 radical (unpaired) electrons. The second-order valence-electron chi connectivity index (χ2n) is 6.85. The van der Waals surface area contributed by atoms with E-state index in [1.54, 1.807) is 19.3 Å². The van der Waals surface area contributed by atoms with Gasteiger partial charge in [0.25, 0.3) is 0 Å². The van der Waals surface area contributed by atoms with E-state index in [1.807, 2.05) is 47.0 Å². The van der Waals surface area contributed by atoms with Crippen LogP contribution in [0.2, 0.25) is 10.0 Å². The number of pyridine rings is 2. The van der Waals surface area contributed by atoms with Gasteiger partial charge in [0.05, 0.1) is 21.8 Å². The van der Waals surface area contributed by atoms with E-state index in [1.165, 1.54) is 24.0 Å². The third kappa shape index (κ3) is 5.27. The zero-order valence-corrected chi connectivity index (χ0v) is 19.3. The number of rotatable bonds is 7. The van der Waals surface area contributed by atoms with Gasteiger partial charge in [-0.15, -0.1) is 10.2 Å². The molecule has 3 heterocycles. The quantitative estimate of drug-likeness (QED) is 0.362. The Morgan fingerprint density at radius 1 is 1.12 bits per heavy atom. The summed E-state index contributed by atoms with van der Waals surface area (Å²) in [6.45, 7) is 2.34. The number of thioether (sulfide) groups is 1.